The summed E-state index contributed by atoms with van der Waals surface area (Å²) >= 11 is 0. The molecule has 0 spiro atoms. The first kappa shape index (κ1) is 16.5. The number of hydrogen-bond donors (Lipinski definition) is 0. The number of ether oxygens (including phenoxy) is 1. The van der Waals surface area contributed by atoms with Gasteiger partial charge in [0.15, 0.2) is 0 Å². The van der Waals surface area contributed by atoms with Gasteiger partial charge in [-0.1, -0.05) is 59.2 Å². The van der Waals surface area contributed by atoms with E-state index in [-0.39, 0.29) is 17.2 Å². The van der Waals surface area contributed by atoms with Crippen molar-refractivity contribution in [3.05, 3.63) is 0 Å². The predicted molar refractivity (Wildman–Crippen MR) is 73.2 cm³/mol. The van der Waals surface area contributed by atoms with Crippen LogP contribution in [0.1, 0.15) is 60.3 Å². The van der Waals surface area contributed by atoms with Gasteiger partial charge in [0, 0.05) is 0 Å². The van der Waals surface area contributed by atoms with E-state index in [1.807, 2.05) is 13.8 Å². The van der Waals surface area contributed by atoms with E-state index < -0.39 is 0 Å². The van der Waals surface area contributed by atoms with E-state index >= 15 is 0 Å². The standard InChI is InChI=1S/C14H27BO2/c1-11(2)13(16)17-10-8-12(3)7-6-9-14(4,5)15/h11-12H,6-10H2,1-5H3. The molecule has 0 saturated heterocycles. The van der Waals surface area contributed by atoms with Gasteiger partial charge in [-0.3, -0.25) is 4.79 Å². The van der Waals surface area contributed by atoms with Crippen LogP contribution in [-0.4, -0.2) is 20.4 Å². The lowest BCUT2D eigenvalue weighted by atomic mass is 9.69. The van der Waals surface area contributed by atoms with Gasteiger partial charge in [0.25, 0.3) is 0 Å². The highest BCUT2D eigenvalue weighted by Crippen LogP contribution is 2.27. The van der Waals surface area contributed by atoms with Crippen LogP contribution in [0.25, 0.3) is 0 Å². The van der Waals surface area contributed by atoms with Crippen molar-refractivity contribution in [1.29, 1.82) is 0 Å². The Hall–Kier alpha value is -0.465. The first-order valence-electron chi connectivity index (χ1n) is 6.68. The molecule has 0 aromatic rings. The zero-order chi connectivity index (χ0) is 13.5. The van der Waals surface area contributed by atoms with Crippen molar-refractivity contribution < 1.29 is 9.53 Å². The molecule has 0 rings (SSSR count). The zero-order valence-electron chi connectivity index (χ0n) is 12.1. The molecular formula is C14H27BO2. The summed E-state index contributed by atoms with van der Waals surface area (Å²) < 4.78 is 5.16. The minimum atomic E-state index is -0.0970. The first-order chi connectivity index (χ1) is 7.72. The Bertz CT molecular complexity index is 219. The van der Waals surface area contributed by atoms with Crippen LogP contribution in [0.3, 0.4) is 0 Å². The fourth-order valence-electron chi connectivity index (χ4n) is 1.58. The number of rotatable bonds is 8. The molecule has 17 heavy (non-hydrogen) atoms. The highest BCUT2D eigenvalue weighted by atomic mass is 16.5. The molecule has 0 fully saturated rings. The third-order valence-corrected chi connectivity index (χ3v) is 2.84. The van der Waals surface area contributed by atoms with Crippen LogP contribution < -0.4 is 0 Å². The molecule has 0 N–H and O–H groups in total. The van der Waals surface area contributed by atoms with Gasteiger partial charge >= 0.3 is 5.97 Å². The topological polar surface area (TPSA) is 26.3 Å². The van der Waals surface area contributed by atoms with Crippen LogP contribution in [0.4, 0.5) is 0 Å². The van der Waals surface area contributed by atoms with Crippen LogP contribution in [0.2, 0.25) is 5.31 Å². The summed E-state index contributed by atoms with van der Waals surface area (Å²) in [6.07, 6.45) is 4.29. The monoisotopic (exact) mass is 238 g/mol. The van der Waals surface area contributed by atoms with Crippen molar-refractivity contribution in [2.45, 2.75) is 65.6 Å². The molecule has 1 atom stereocenters. The molecule has 2 nitrogen and oxygen atoms in total. The van der Waals surface area contributed by atoms with Gasteiger partial charge in [-0.05, 0) is 12.3 Å². The third kappa shape index (κ3) is 10.4. The molecule has 0 aliphatic heterocycles. The maximum atomic E-state index is 11.2. The lowest BCUT2D eigenvalue weighted by molar-refractivity contribution is -0.147. The van der Waals surface area contributed by atoms with E-state index in [0.717, 1.165) is 25.7 Å². The summed E-state index contributed by atoms with van der Waals surface area (Å²) in [6.45, 7) is 10.6. The average Bonchev–Trinajstić information content (AvgIpc) is 2.15. The summed E-state index contributed by atoms with van der Waals surface area (Å²) in [5.41, 5.74) is 0. The number of carbonyl (C=O) groups excluding carboxylic acids is 1. The van der Waals surface area contributed by atoms with Gasteiger partial charge in [0.2, 0.25) is 0 Å². The fourth-order valence-corrected chi connectivity index (χ4v) is 1.58. The molecule has 0 aromatic heterocycles. The van der Waals surface area contributed by atoms with Gasteiger partial charge < -0.3 is 4.74 Å². The maximum absolute atomic E-state index is 11.2. The molecule has 2 radical (unpaired) electrons. The molecule has 0 saturated carbocycles. The van der Waals surface area contributed by atoms with Crippen LogP contribution in [0.15, 0.2) is 0 Å². The lowest BCUT2D eigenvalue weighted by Crippen LogP contribution is -2.14. The summed E-state index contributed by atoms with van der Waals surface area (Å²) in [5, 5.41) is -0.0656. The van der Waals surface area contributed by atoms with Gasteiger partial charge in [-0.15, -0.1) is 0 Å². The third-order valence-electron chi connectivity index (χ3n) is 2.84. The molecule has 0 aliphatic carbocycles. The van der Waals surface area contributed by atoms with Gasteiger partial charge in [-0.2, -0.15) is 0 Å². The number of hydrogen-bond acceptors (Lipinski definition) is 2. The minimum absolute atomic E-state index is 0.0247. The molecule has 98 valence electrons. The Morgan fingerprint density at radius 3 is 2.29 bits per heavy atom. The van der Waals surface area contributed by atoms with Crippen LogP contribution in [-0.2, 0) is 9.53 Å². The lowest BCUT2D eigenvalue weighted by Gasteiger charge is -2.19. The first-order valence-corrected chi connectivity index (χ1v) is 6.68. The molecule has 3 heteroatoms. The molecule has 0 bridgehead atoms. The largest absolute Gasteiger partial charge is 0.465 e. The Morgan fingerprint density at radius 2 is 1.82 bits per heavy atom. The highest BCUT2D eigenvalue weighted by Gasteiger charge is 2.12. The summed E-state index contributed by atoms with van der Waals surface area (Å²) in [4.78, 5) is 11.2. The average molecular weight is 238 g/mol. The Morgan fingerprint density at radius 1 is 1.24 bits per heavy atom. The minimum Gasteiger partial charge on any atom is -0.465 e. The predicted octanol–water partition coefficient (Wildman–Crippen LogP) is 3.75. The van der Waals surface area contributed by atoms with E-state index in [0.29, 0.717) is 12.5 Å². The van der Waals surface area contributed by atoms with Crippen molar-refractivity contribution in [3.63, 3.8) is 0 Å². The quantitative estimate of drug-likeness (QED) is 0.475. The zero-order valence-corrected chi connectivity index (χ0v) is 12.1. The summed E-state index contributed by atoms with van der Waals surface area (Å²) in [7, 11) is 5.93. The van der Waals surface area contributed by atoms with Gasteiger partial charge in [0.05, 0.1) is 20.4 Å². The van der Waals surface area contributed by atoms with Crippen LogP contribution >= 0.6 is 0 Å². The summed E-state index contributed by atoms with van der Waals surface area (Å²) in [6, 6.07) is 0. The van der Waals surface area contributed by atoms with Crippen molar-refractivity contribution in [1.82, 2.24) is 0 Å². The maximum Gasteiger partial charge on any atom is 0.308 e. The van der Waals surface area contributed by atoms with Crippen LogP contribution in [0.5, 0.6) is 0 Å². The van der Waals surface area contributed by atoms with E-state index in [1.165, 1.54) is 0 Å². The molecule has 0 heterocycles. The van der Waals surface area contributed by atoms with E-state index in [1.54, 1.807) is 0 Å². The Labute approximate surface area is 108 Å². The number of carbonyl (C=O) groups is 1. The van der Waals surface area contributed by atoms with Crippen molar-refractivity contribution in [3.8, 4) is 0 Å². The Balaban J connectivity index is 3.54. The highest BCUT2D eigenvalue weighted by molar-refractivity contribution is 6.14. The molecule has 1 unspecified atom stereocenters. The van der Waals surface area contributed by atoms with E-state index in [9.17, 15) is 4.79 Å². The normalized spacial score (nSPS) is 13.8. The van der Waals surface area contributed by atoms with E-state index in [2.05, 4.69) is 20.8 Å². The second kappa shape index (κ2) is 7.78. The van der Waals surface area contributed by atoms with Gasteiger partial charge in [-0.25, -0.2) is 0 Å². The van der Waals surface area contributed by atoms with Gasteiger partial charge in [0.1, 0.15) is 0 Å². The smallest absolute Gasteiger partial charge is 0.308 e. The molecular weight excluding hydrogens is 211 g/mol. The van der Waals surface area contributed by atoms with Crippen molar-refractivity contribution >= 4 is 13.8 Å². The SMILES string of the molecule is [B]C(C)(C)CCCC(C)CCOC(=O)C(C)C. The van der Waals surface area contributed by atoms with Crippen LogP contribution in [0, 0.1) is 11.8 Å². The molecule has 0 aromatic carbocycles. The second-order valence-corrected chi connectivity index (χ2v) is 6.10. The molecule has 0 aliphatic rings. The van der Waals surface area contributed by atoms with Crippen molar-refractivity contribution in [2.24, 2.45) is 11.8 Å². The number of esters is 1. The fraction of sp³-hybridized carbons (Fsp3) is 0.929. The van der Waals surface area contributed by atoms with E-state index in [4.69, 9.17) is 12.6 Å². The Kier molecular flexibility index (Phi) is 7.57. The van der Waals surface area contributed by atoms with Crippen molar-refractivity contribution in [2.75, 3.05) is 6.61 Å². The molecule has 0 amide bonds. The summed E-state index contributed by atoms with van der Waals surface area (Å²) in [5.74, 6) is 0.473. The second-order valence-electron chi connectivity index (χ2n) is 6.10.